The number of ether oxygens (including phenoxy) is 1. The van der Waals surface area contributed by atoms with Crippen LogP contribution in [0.4, 0.5) is 4.39 Å². The van der Waals surface area contributed by atoms with E-state index in [0.29, 0.717) is 22.8 Å². The molecule has 0 bridgehead atoms. The third-order valence-electron chi connectivity index (χ3n) is 2.90. The van der Waals surface area contributed by atoms with Crippen LogP contribution >= 0.6 is 23.2 Å². The van der Waals surface area contributed by atoms with Gasteiger partial charge in [-0.1, -0.05) is 35.9 Å². The molecule has 0 heterocycles. The summed E-state index contributed by atoms with van der Waals surface area (Å²) < 4.78 is 18.7. The second kappa shape index (κ2) is 6.27. The number of halogens is 3. The summed E-state index contributed by atoms with van der Waals surface area (Å²) in [5.74, 6) is 0.418. The largest absolute Gasteiger partial charge is 0.497 e. The van der Waals surface area contributed by atoms with Gasteiger partial charge in [0.1, 0.15) is 11.6 Å². The molecule has 0 spiro atoms. The van der Waals surface area contributed by atoms with E-state index in [1.54, 1.807) is 43.5 Å². The van der Waals surface area contributed by atoms with Crippen LogP contribution in [-0.4, -0.2) is 7.11 Å². The van der Waals surface area contributed by atoms with Gasteiger partial charge in [0.25, 0.3) is 0 Å². The highest BCUT2D eigenvalue weighted by Crippen LogP contribution is 2.33. The molecule has 2 aromatic rings. The topological polar surface area (TPSA) is 9.23 Å². The van der Waals surface area contributed by atoms with Gasteiger partial charge in [-0.25, -0.2) is 4.39 Å². The molecule has 0 aliphatic heterocycles. The average molecular weight is 299 g/mol. The zero-order valence-corrected chi connectivity index (χ0v) is 11.9. The second-order valence-electron chi connectivity index (χ2n) is 4.15. The molecule has 2 rings (SSSR count). The van der Waals surface area contributed by atoms with Crippen molar-refractivity contribution in [2.45, 2.75) is 11.8 Å². The summed E-state index contributed by atoms with van der Waals surface area (Å²) in [5, 5.41) is 0.144. The third kappa shape index (κ3) is 3.40. The van der Waals surface area contributed by atoms with Gasteiger partial charge in [-0.2, -0.15) is 0 Å². The summed E-state index contributed by atoms with van der Waals surface area (Å²) in [6.07, 6.45) is 0.389. The molecule has 19 heavy (non-hydrogen) atoms. The van der Waals surface area contributed by atoms with Crippen molar-refractivity contribution in [3.63, 3.8) is 0 Å². The van der Waals surface area contributed by atoms with E-state index in [1.165, 1.54) is 6.07 Å². The smallest absolute Gasteiger partial charge is 0.126 e. The third-order valence-corrected chi connectivity index (χ3v) is 3.62. The van der Waals surface area contributed by atoms with Crippen molar-refractivity contribution in [2.24, 2.45) is 0 Å². The van der Waals surface area contributed by atoms with Gasteiger partial charge in [-0.05, 0) is 35.7 Å². The maximum absolute atomic E-state index is 13.6. The summed E-state index contributed by atoms with van der Waals surface area (Å²) in [6, 6.07) is 11.9. The molecule has 0 aliphatic rings. The van der Waals surface area contributed by atoms with Gasteiger partial charge in [-0.3, -0.25) is 0 Å². The highest BCUT2D eigenvalue weighted by Gasteiger charge is 2.15. The van der Waals surface area contributed by atoms with Crippen molar-refractivity contribution < 1.29 is 9.13 Å². The van der Waals surface area contributed by atoms with E-state index in [9.17, 15) is 4.39 Å². The molecule has 100 valence electrons. The zero-order chi connectivity index (χ0) is 13.8. The standard InChI is InChI=1S/C15H13Cl2FO/c1-19-11-6-7-12(14(17)9-11)13(16)8-10-4-2-3-5-15(10)18/h2-7,9,13H,8H2,1H3. The van der Waals surface area contributed by atoms with Crippen molar-refractivity contribution >= 4 is 23.2 Å². The maximum atomic E-state index is 13.6. The number of alkyl halides is 1. The first-order valence-corrected chi connectivity index (χ1v) is 6.64. The minimum atomic E-state index is -0.379. The summed E-state index contributed by atoms with van der Waals surface area (Å²) in [5.41, 5.74) is 1.35. The van der Waals surface area contributed by atoms with Crippen LogP contribution in [0.1, 0.15) is 16.5 Å². The molecule has 0 radical (unpaired) electrons. The minimum absolute atomic E-state index is 0.252. The Hall–Kier alpha value is -1.25. The van der Waals surface area contributed by atoms with Gasteiger partial charge in [-0.15, -0.1) is 11.6 Å². The minimum Gasteiger partial charge on any atom is -0.497 e. The Labute approximate surface area is 121 Å². The fraction of sp³-hybridized carbons (Fsp3) is 0.200. The molecular weight excluding hydrogens is 286 g/mol. The van der Waals surface area contributed by atoms with E-state index in [0.717, 1.165) is 5.56 Å². The lowest BCUT2D eigenvalue weighted by Gasteiger charge is -2.13. The van der Waals surface area contributed by atoms with E-state index in [4.69, 9.17) is 27.9 Å². The Morgan fingerprint density at radius 1 is 1.21 bits per heavy atom. The van der Waals surface area contributed by atoms with Crippen LogP contribution in [0.5, 0.6) is 5.75 Å². The van der Waals surface area contributed by atoms with Gasteiger partial charge in [0, 0.05) is 5.02 Å². The number of benzene rings is 2. The molecule has 0 saturated carbocycles. The van der Waals surface area contributed by atoms with Gasteiger partial charge >= 0.3 is 0 Å². The molecule has 0 aromatic heterocycles. The van der Waals surface area contributed by atoms with Crippen LogP contribution in [0.25, 0.3) is 0 Å². The Morgan fingerprint density at radius 3 is 2.58 bits per heavy atom. The highest BCUT2D eigenvalue weighted by atomic mass is 35.5. The SMILES string of the molecule is COc1ccc(C(Cl)Cc2ccccc2F)c(Cl)c1. The monoisotopic (exact) mass is 298 g/mol. The summed E-state index contributed by atoms with van der Waals surface area (Å²) in [4.78, 5) is 0. The molecule has 0 N–H and O–H groups in total. The van der Waals surface area contributed by atoms with Crippen LogP contribution in [0, 0.1) is 5.82 Å². The first-order chi connectivity index (χ1) is 9.11. The second-order valence-corrected chi connectivity index (χ2v) is 5.08. The summed E-state index contributed by atoms with van der Waals surface area (Å²) in [6.45, 7) is 0. The van der Waals surface area contributed by atoms with Crippen molar-refractivity contribution in [3.05, 3.63) is 64.4 Å². The van der Waals surface area contributed by atoms with E-state index in [1.807, 2.05) is 0 Å². The van der Waals surface area contributed by atoms with Crippen molar-refractivity contribution in [3.8, 4) is 5.75 Å². The Balaban J connectivity index is 2.21. The Morgan fingerprint density at radius 2 is 1.95 bits per heavy atom. The molecular formula is C15H13Cl2FO. The molecule has 4 heteroatoms. The molecule has 0 saturated heterocycles. The van der Waals surface area contributed by atoms with Crippen LogP contribution in [0.3, 0.4) is 0 Å². The van der Waals surface area contributed by atoms with Gasteiger partial charge in [0.2, 0.25) is 0 Å². The van der Waals surface area contributed by atoms with E-state index >= 15 is 0 Å². The van der Waals surface area contributed by atoms with E-state index < -0.39 is 0 Å². The van der Waals surface area contributed by atoms with E-state index in [2.05, 4.69) is 0 Å². The van der Waals surface area contributed by atoms with Crippen molar-refractivity contribution in [1.29, 1.82) is 0 Å². The fourth-order valence-electron chi connectivity index (χ4n) is 1.86. The number of rotatable bonds is 4. The number of hydrogen-bond donors (Lipinski definition) is 0. The summed E-state index contributed by atoms with van der Waals surface area (Å²) >= 11 is 12.5. The zero-order valence-electron chi connectivity index (χ0n) is 10.4. The summed E-state index contributed by atoms with van der Waals surface area (Å²) in [7, 11) is 1.57. The van der Waals surface area contributed by atoms with Crippen LogP contribution < -0.4 is 4.74 Å². The molecule has 0 amide bonds. The predicted octanol–water partition coefficient (Wildman–Crippen LogP) is 5.01. The van der Waals surface area contributed by atoms with E-state index in [-0.39, 0.29) is 11.2 Å². The lowest BCUT2D eigenvalue weighted by molar-refractivity contribution is 0.414. The average Bonchev–Trinajstić information content (AvgIpc) is 2.41. The normalized spacial score (nSPS) is 12.2. The molecule has 1 atom stereocenters. The quantitative estimate of drug-likeness (QED) is 0.721. The lowest BCUT2D eigenvalue weighted by Crippen LogP contribution is -1.99. The number of hydrogen-bond acceptors (Lipinski definition) is 1. The van der Waals surface area contributed by atoms with Gasteiger partial charge in [0.05, 0.1) is 12.5 Å². The Bertz CT molecular complexity index is 572. The highest BCUT2D eigenvalue weighted by molar-refractivity contribution is 6.33. The molecule has 0 fully saturated rings. The molecule has 0 aliphatic carbocycles. The van der Waals surface area contributed by atoms with Crippen LogP contribution in [0.15, 0.2) is 42.5 Å². The van der Waals surface area contributed by atoms with Gasteiger partial charge in [0.15, 0.2) is 0 Å². The van der Waals surface area contributed by atoms with Crippen molar-refractivity contribution in [1.82, 2.24) is 0 Å². The molecule has 2 aromatic carbocycles. The predicted molar refractivity (Wildman–Crippen MR) is 76.7 cm³/mol. The number of methoxy groups -OCH3 is 1. The van der Waals surface area contributed by atoms with Crippen LogP contribution in [-0.2, 0) is 6.42 Å². The lowest BCUT2D eigenvalue weighted by atomic mass is 10.0. The fourth-order valence-corrected chi connectivity index (χ4v) is 2.57. The maximum Gasteiger partial charge on any atom is 0.126 e. The van der Waals surface area contributed by atoms with Crippen molar-refractivity contribution in [2.75, 3.05) is 7.11 Å². The van der Waals surface area contributed by atoms with Gasteiger partial charge < -0.3 is 4.74 Å². The molecule has 1 unspecified atom stereocenters. The first kappa shape index (κ1) is 14.2. The van der Waals surface area contributed by atoms with Crippen LogP contribution in [0.2, 0.25) is 5.02 Å². The Kier molecular flexibility index (Phi) is 4.67. The first-order valence-electron chi connectivity index (χ1n) is 5.82. The molecule has 1 nitrogen and oxygen atoms in total.